The lowest BCUT2D eigenvalue weighted by Crippen LogP contribution is -2.39. The van der Waals surface area contributed by atoms with Gasteiger partial charge in [-0.05, 0) is 24.6 Å². The molecule has 0 aliphatic heterocycles. The third kappa shape index (κ3) is 6.72. The summed E-state index contributed by atoms with van der Waals surface area (Å²) in [5.74, 6) is 0.669. The van der Waals surface area contributed by atoms with Crippen LogP contribution in [-0.2, 0) is 13.0 Å². The van der Waals surface area contributed by atoms with Gasteiger partial charge in [0.25, 0.3) is 5.69 Å². The third-order valence-corrected chi connectivity index (χ3v) is 3.52. The van der Waals surface area contributed by atoms with Crippen LogP contribution in [-0.4, -0.2) is 29.0 Å². The van der Waals surface area contributed by atoms with Gasteiger partial charge in [-0.2, -0.15) is 0 Å². The molecule has 7 nitrogen and oxygen atoms in total. The number of aromatic nitrogens is 1. The number of nitro benzene ring substituents is 1. The molecule has 1 aromatic carbocycles. The quantitative estimate of drug-likeness (QED) is 0.250. The zero-order valence-corrected chi connectivity index (χ0v) is 14.8. The second-order valence-electron chi connectivity index (χ2n) is 5.90. The van der Waals surface area contributed by atoms with E-state index in [9.17, 15) is 10.1 Å². The fraction of sp³-hybridized carbons (Fsp3) is 0.263. The molecule has 136 valence electrons. The molecule has 2 aromatic rings. The van der Waals surface area contributed by atoms with Crippen molar-refractivity contribution in [1.29, 1.82) is 0 Å². The normalized spacial score (nSPS) is 11.0. The number of hydrogen-bond donors (Lipinski definition) is 2. The molecule has 1 aromatic heterocycles. The van der Waals surface area contributed by atoms with Crippen LogP contribution >= 0.6 is 0 Å². The standard InChI is InChI=1S/C19H23N5O2/c1-15(2)13-22-19(21-12-10-17-5-3-4-11-20-17)23-14-16-6-8-18(9-7-16)24(25)26/h3-9,11H,1,10,12-14H2,2H3,(H2,21,22,23). The highest BCUT2D eigenvalue weighted by atomic mass is 16.6. The first-order valence-corrected chi connectivity index (χ1v) is 8.34. The second kappa shape index (κ2) is 9.93. The van der Waals surface area contributed by atoms with E-state index >= 15 is 0 Å². The van der Waals surface area contributed by atoms with Crippen LogP contribution in [0.2, 0.25) is 0 Å². The van der Waals surface area contributed by atoms with E-state index in [1.54, 1.807) is 18.3 Å². The van der Waals surface area contributed by atoms with Gasteiger partial charge < -0.3 is 10.6 Å². The maximum absolute atomic E-state index is 10.7. The van der Waals surface area contributed by atoms with Gasteiger partial charge in [-0.25, -0.2) is 4.99 Å². The molecule has 0 radical (unpaired) electrons. The van der Waals surface area contributed by atoms with E-state index in [1.165, 1.54) is 12.1 Å². The lowest BCUT2D eigenvalue weighted by atomic mass is 10.2. The molecule has 0 atom stereocenters. The number of non-ortho nitro benzene ring substituents is 1. The van der Waals surface area contributed by atoms with Crippen LogP contribution in [0.1, 0.15) is 18.2 Å². The molecule has 7 heteroatoms. The second-order valence-corrected chi connectivity index (χ2v) is 5.90. The Morgan fingerprint density at radius 3 is 2.62 bits per heavy atom. The average molecular weight is 353 g/mol. The van der Waals surface area contributed by atoms with E-state index in [1.807, 2.05) is 25.1 Å². The van der Waals surface area contributed by atoms with Gasteiger partial charge in [0, 0.05) is 43.5 Å². The van der Waals surface area contributed by atoms with Gasteiger partial charge in [0.15, 0.2) is 5.96 Å². The van der Waals surface area contributed by atoms with Gasteiger partial charge in [-0.3, -0.25) is 15.1 Å². The largest absolute Gasteiger partial charge is 0.356 e. The molecule has 0 spiro atoms. The van der Waals surface area contributed by atoms with Crippen LogP contribution < -0.4 is 10.6 Å². The Bertz CT molecular complexity index is 757. The summed E-state index contributed by atoms with van der Waals surface area (Å²) >= 11 is 0. The molecule has 0 aliphatic rings. The van der Waals surface area contributed by atoms with E-state index in [-0.39, 0.29) is 5.69 Å². The summed E-state index contributed by atoms with van der Waals surface area (Å²) < 4.78 is 0. The number of nitrogens with zero attached hydrogens (tertiary/aromatic N) is 3. The number of guanidine groups is 1. The minimum Gasteiger partial charge on any atom is -0.356 e. The Kier molecular flexibility index (Phi) is 7.30. The Hall–Kier alpha value is -3.22. The molecule has 0 aliphatic carbocycles. The smallest absolute Gasteiger partial charge is 0.269 e. The van der Waals surface area contributed by atoms with Crippen molar-refractivity contribution in [3.8, 4) is 0 Å². The average Bonchev–Trinajstić information content (AvgIpc) is 2.64. The molecular weight excluding hydrogens is 330 g/mol. The van der Waals surface area contributed by atoms with Crippen LogP contribution in [0.5, 0.6) is 0 Å². The fourth-order valence-electron chi connectivity index (χ4n) is 2.16. The van der Waals surface area contributed by atoms with Crippen molar-refractivity contribution < 1.29 is 4.92 Å². The number of pyridine rings is 1. The minimum atomic E-state index is -0.411. The van der Waals surface area contributed by atoms with Crippen molar-refractivity contribution in [1.82, 2.24) is 15.6 Å². The Labute approximate surface area is 153 Å². The van der Waals surface area contributed by atoms with E-state index in [4.69, 9.17) is 0 Å². The van der Waals surface area contributed by atoms with Crippen molar-refractivity contribution in [2.45, 2.75) is 19.9 Å². The number of benzene rings is 1. The number of nitrogens with one attached hydrogen (secondary N) is 2. The molecule has 26 heavy (non-hydrogen) atoms. The number of nitro groups is 1. The van der Waals surface area contributed by atoms with E-state index < -0.39 is 4.92 Å². The summed E-state index contributed by atoms with van der Waals surface area (Å²) in [6, 6.07) is 12.2. The molecule has 0 bridgehead atoms. The first-order valence-electron chi connectivity index (χ1n) is 8.34. The molecule has 0 amide bonds. The summed E-state index contributed by atoms with van der Waals surface area (Å²) in [6.07, 6.45) is 2.56. The summed E-state index contributed by atoms with van der Waals surface area (Å²) in [5, 5.41) is 17.2. The highest BCUT2D eigenvalue weighted by Crippen LogP contribution is 2.12. The van der Waals surface area contributed by atoms with Crippen molar-refractivity contribution in [3.05, 3.63) is 82.2 Å². The van der Waals surface area contributed by atoms with E-state index in [2.05, 4.69) is 27.2 Å². The summed E-state index contributed by atoms with van der Waals surface area (Å²) in [5.41, 5.74) is 2.98. The van der Waals surface area contributed by atoms with Crippen molar-refractivity contribution >= 4 is 11.6 Å². The predicted octanol–water partition coefficient (Wildman–Crippen LogP) is 2.84. The van der Waals surface area contributed by atoms with Gasteiger partial charge in [0.2, 0.25) is 0 Å². The predicted molar refractivity (Wildman–Crippen MR) is 103 cm³/mol. The van der Waals surface area contributed by atoms with Crippen molar-refractivity contribution in [2.24, 2.45) is 4.99 Å². The van der Waals surface area contributed by atoms with Crippen molar-refractivity contribution in [3.63, 3.8) is 0 Å². The Balaban J connectivity index is 1.94. The zero-order chi connectivity index (χ0) is 18.8. The van der Waals surface area contributed by atoms with Gasteiger partial charge >= 0.3 is 0 Å². The Morgan fingerprint density at radius 1 is 1.23 bits per heavy atom. The van der Waals surface area contributed by atoms with Gasteiger partial charge in [-0.15, -0.1) is 0 Å². The molecule has 0 saturated heterocycles. The molecule has 0 unspecified atom stereocenters. The molecular formula is C19H23N5O2. The van der Waals surface area contributed by atoms with Gasteiger partial charge in [0.05, 0.1) is 11.5 Å². The number of hydrogen-bond acceptors (Lipinski definition) is 4. The van der Waals surface area contributed by atoms with Gasteiger partial charge in [0.1, 0.15) is 0 Å². The Morgan fingerprint density at radius 2 is 2.00 bits per heavy atom. The first kappa shape index (κ1) is 19.1. The van der Waals surface area contributed by atoms with E-state index in [0.717, 1.165) is 23.3 Å². The summed E-state index contributed by atoms with van der Waals surface area (Å²) in [7, 11) is 0. The van der Waals surface area contributed by atoms with Crippen LogP contribution in [0.4, 0.5) is 5.69 Å². The lowest BCUT2D eigenvalue weighted by Gasteiger charge is -2.12. The van der Waals surface area contributed by atoms with Crippen LogP contribution in [0, 0.1) is 10.1 Å². The van der Waals surface area contributed by atoms with Crippen LogP contribution in [0.3, 0.4) is 0 Å². The highest BCUT2D eigenvalue weighted by molar-refractivity contribution is 5.80. The zero-order valence-electron chi connectivity index (χ0n) is 14.8. The van der Waals surface area contributed by atoms with Crippen LogP contribution in [0.25, 0.3) is 0 Å². The molecule has 2 rings (SSSR count). The number of aliphatic imine (C=N–C) groups is 1. The third-order valence-electron chi connectivity index (χ3n) is 3.52. The maximum Gasteiger partial charge on any atom is 0.269 e. The monoisotopic (exact) mass is 353 g/mol. The SMILES string of the molecule is C=C(C)CNC(=NCc1ccc([N+](=O)[O-])cc1)NCCc1ccccn1. The van der Waals surface area contributed by atoms with E-state index in [0.29, 0.717) is 25.6 Å². The summed E-state index contributed by atoms with van der Waals surface area (Å²) in [6.45, 7) is 7.56. The molecule has 2 N–H and O–H groups in total. The highest BCUT2D eigenvalue weighted by Gasteiger charge is 2.04. The lowest BCUT2D eigenvalue weighted by molar-refractivity contribution is -0.384. The maximum atomic E-state index is 10.7. The van der Waals surface area contributed by atoms with Crippen molar-refractivity contribution in [2.75, 3.05) is 13.1 Å². The summed E-state index contributed by atoms with van der Waals surface area (Å²) in [4.78, 5) is 19.1. The number of rotatable bonds is 8. The fourth-order valence-corrected chi connectivity index (χ4v) is 2.16. The molecule has 0 saturated carbocycles. The molecule has 1 heterocycles. The minimum absolute atomic E-state index is 0.0758. The van der Waals surface area contributed by atoms with Crippen LogP contribution in [0.15, 0.2) is 65.8 Å². The first-order chi connectivity index (χ1) is 12.5. The topological polar surface area (TPSA) is 92.5 Å². The van der Waals surface area contributed by atoms with Gasteiger partial charge in [-0.1, -0.05) is 30.4 Å². The molecule has 0 fully saturated rings.